The summed E-state index contributed by atoms with van der Waals surface area (Å²) >= 11 is 0. The molecule has 0 aromatic carbocycles. The Bertz CT molecular complexity index is 329. The van der Waals surface area contributed by atoms with E-state index in [1.807, 2.05) is 11.8 Å². The largest absolute Gasteiger partial charge is 0.481 e. The number of nitrogens with one attached hydrogen (secondary N) is 1. The number of amides is 2. The molecule has 5 nitrogen and oxygen atoms in total. The van der Waals surface area contributed by atoms with E-state index in [0.29, 0.717) is 24.8 Å². The second-order valence-corrected chi connectivity index (χ2v) is 6.09. The molecule has 1 aliphatic carbocycles. The van der Waals surface area contributed by atoms with Crippen molar-refractivity contribution in [1.29, 1.82) is 0 Å². The molecule has 0 bridgehead atoms. The summed E-state index contributed by atoms with van der Waals surface area (Å²) in [5.41, 5.74) is 0. The highest BCUT2D eigenvalue weighted by atomic mass is 16.4. The van der Waals surface area contributed by atoms with Crippen LogP contribution in [0.1, 0.15) is 58.8 Å². The van der Waals surface area contributed by atoms with E-state index in [4.69, 9.17) is 5.11 Å². The summed E-state index contributed by atoms with van der Waals surface area (Å²) < 4.78 is 0. The van der Waals surface area contributed by atoms with Crippen LogP contribution in [0.4, 0.5) is 4.79 Å². The maximum atomic E-state index is 12.1. The maximum Gasteiger partial charge on any atom is 0.317 e. The van der Waals surface area contributed by atoms with E-state index in [2.05, 4.69) is 12.2 Å². The third-order valence-corrected chi connectivity index (χ3v) is 4.14. The second-order valence-electron chi connectivity index (χ2n) is 6.09. The number of hydrogen-bond donors (Lipinski definition) is 2. The van der Waals surface area contributed by atoms with Crippen molar-refractivity contribution in [3.63, 3.8) is 0 Å². The first-order valence-electron chi connectivity index (χ1n) is 8.31. The number of carbonyl (C=O) groups excluding carboxylic acids is 1. The van der Waals surface area contributed by atoms with Gasteiger partial charge >= 0.3 is 12.0 Å². The number of carbonyl (C=O) groups is 2. The molecular weight excluding hydrogens is 268 g/mol. The zero-order chi connectivity index (χ0) is 15.7. The molecule has 1 atom stereocenters. The van der Waals surface area contributed by atoms with Gasteiger partial charge in [-0.3, -0.25) is 4.79 Å². The first kappa shape index (κ1) is 17.8. The van der Waals surface area contributed by atoms with Gasteiger partial charge in [0.25, 0.3) is 0 Å². The molecule has 2 N–H and O–H groups in total. The normalized spacial score (nSPS) is 15.5. The molecule has 0 spiro atoms. The molecule has 0 heterocycles. The molecule has 0 aromatic rings. The van der Waals surface area contributed by atoms with Gasteiger partial charge in [-0.15, -0.1) is 0 Å². The van der Waals surface area contributed by atoms with Crippen LogP contribution in [0.5, 0.6) is 0 Å². The third-order valence-electron chi connectivity index (χ3n) is 4.14. The molecule has 0 saturated heterocycles. The number of hydrogen-bond acceptors (Lipinski definition) is 2. The maximum absolute atomic E-state index is 12.1. The van der Waals surface area contributed by atoms with Gasteiger partial charge in [0, 0.05) is 26.1 Å². The fourth-order valence-electron chi connectivity index (χ4n) is 2.63. The first-order valence-corrected chi connectivity index (χ1v) is 8.31. The van der Waals surface area contributed by atoms with Crippen LogP contribution in [0.3, 0.4) is 0 Å². The molecule has 1 fully saturated rings. The Morgan fingerprint density at radius 2 is 1.95 bits per heavy atom. The molecule has 0 radical (unpaired) electrons. The molecular formula is C16H30N2O3. The van der Waals surface area contributed by atoms with Crippen LogP contribution in [-0.4, -0.2) is 41.6 Å². The lowest BCUT2D eigenvalue weighted by molar-refractivity contribution is -0.137. The quantitative estimate of drug-likeness (QED) is 0.616. The summed E-state index contributed by atoms with van der Waals surface area (Å²) in [6.07, 6.45) is 6.38. The molecule has 0 aliphatic heterocycles. The number of carboxylic acids is 1. The fraction of sp³-hybridized carbons (Fsp3) is 0.875. The van der Waals surface area contributed by atoms with Gasteiger partial charge in [-0.1, -0.05) is 19.8 Å². The van der Waals surface area contributed by atoms with Crippen molar-refractivity contribution in [3.8, 4) is 0 Å². The van der Waals surface area contributed by atoms with Gasteiger partial charge in [-0.2, -0.15) is 0 Å². The van der Waals surface area contributed by atoms with Crippen molar-refractivity contribution in [2.45, 2.75) is 58.8 Å². The van der Waals surface area contributed by atoms with Crippen LogP contribution in [0.25, 0.3) is 0 Å². The van der Waals surface area contributed by atoms with Gasteiger partial charge in [-0.05, 0) is 44.4 Å². The van der Waals surface area contributed by atoms with Crippen LogP contribution in [-0.2, 0) is 4.79 Å². The second kappa shape index (κ2) is 9.64. The monoisotopic (exact) mass is 298 g/mol. The topological polar surface area (TPSA) is 69.6 Å². The van der Waals surface area contributed by atoms with E-state index in [1.165, 1.54) is 12.8 Å². The van der Waals surface area contributed by atoms with E-state index in [-0.39, 0.29) is 12.5 Å². The number of aliphatic carboxylic acids is 1. The summed E-state index contributed by atoms with van der Waals surface area (Å²) in [5.74, 6) is 0.366. The van der Waals surface area contributed by atoms with Crippen molar-refractivity contribution in [2.75, 3.05) is 19.6 Å². The standard InChI is InChI=1S/C16H30N2O3/c1-3-5-13(8-9-15(19)20)10-11-17-16(21)18(4-2)12-14-6-7-14/h13-14H,3-12H2,1-2H3,(H,17,21)(H,19,20). The average Bonchev–Trinajstić information content (AvgIpc) is 3.25. The Balaban J connectivity index is 2.23. The molecule has 1 rings (SSSR count). The number of nitrogens with zero attached hydrogens (tertiary/aromatic N) is 1. The van der Waals surface area contributed by atoms with Crippen molar-refractivity contribution in [1.82, 2.24) is 10.2 Å². The van der Waals surface area contributed by atoms with Gasteiger partial charge in [-0.25, -0.2) is 4.79 Å². The minimum absolute atomic E-state index is 0.0258. The van der Waals surface area contributed by atoms with Crippen LogP contribution in [0.2, 0.25) is 0 Å². The Hall–Kier alpha value is -1.26. The molecule has 122 valence electrons. The highest BCUT2D eigenvalue weighted by Crippen LogP contribution is 2.29. The van der Waals surface area contributed by atoms with Gasteiger partial charge in [0.05, 0.1) is 0 Å². The van der Waals surface area contributed by atoms with Crippen LogP contribution >= 0.6 is 0 Å². The fourth-order valence-corrected chi connectivity index (χ4v) is 2.63. The minimum atomic E-state index is -0.735. The first-order chi connectivity index (χ1) is 10.1. The van der Waals surface area contributed by atoms with Crippen LogP contribution in [0.15, 0.2) is 0 Å². The lowest BCUT2D eigenvalue weighted by atomic mass is 9.94. The smallest absolute Gasteiger partial charge is 0.317 e. The van der Waals surface area contributed by atoms with E-state index in [1.54, 1.807) is 0 Å². The zero-order valence-electron chi connectivity index (χ0n) is 13.4. The Morgan fingerprint density at radius 1 is 1.24 bits per heavy atom. The predicted octanol–water partition coefficient (Wildman–Crippen LogP) is 3.10. The summed E-state index contributed by atoms with van der Waals surface area (Å²) in [6.45, 7) is 6.39. The Morgan fingerprint density at radius 3 is 2.48 bits per heavy atom. The molecule has 21 heavy (non-hydrogen) atoms. The van der Waals surface area contributed by atoms with Crippen molar-refractivity contribution in [2.24, 2.45) is 11.8 Å². The van der Waals surface area contributed by atoms with E-state index < -0.39 is 5.97 Å². The lowest BCUT2D eigenvalue weighted by Gasteiger charge is -2.22. The van der Waals surface area contributed by atoms with Crippen molar-refractivity contribution >= 4 is 12.0 Å². The van der Waals surface area contributed by atoms with Crippen molar-refractivity contribution in [3.05, 3.63) is 0 Å². The molecule has 1 unspecified atom stereocenters. The van der Waals surface area contributed by atoms with Crippen LogP contribution < -0.4 is 5.32 Å². The number of urea groups is 1. The van der Waals surface area contributed by atoms with Gasteiger partial charge in [0.1, 0.15) is 0 Å². The van der Waals surface area contributed by atoms with E-state index >= 15 is 0 Å². The van der Waals surface area contributed by atoms with Gasteiger partial charge in [0.2, 0.25) is 0 Å². The van der Waals surface area contributed by atoms with E-state index in [9.17, 15) is 9.59 Å². The summed E-state index contributed by atoms with van der Waals surface area (Å²) in [5, 5.41) is 11.7. The summed E-state index contributed by atoms with van der Waals surface area (Å²) in [6, 6.07) is 0.0258. The Kier molecular flexibility index (Phi) is 8.16. The average molecular weight is 298 g/mol. The molecule has 1 saturated carbocycles. The summed E-state index contributed by atoms with van der Waals surface area (Å²) in [7, 11) is 0. The van der Waals surface area contributed by atoms with Crippen LogP contribution in [0, 0.1) is 11.8 Å². The van der Waals surface area contributed by atoms with Gasteiger partial charge < -0.3 is 15.3 Å². The third kappa shape index (κ3) is 7.93. The molecule has 1 aliphatic rings. The van der Waals surface area contributed by atoms with E-state index in [0.717, 1.165) is 32.4 Å². The highest BCUT2D eigenvalue weighted by Gasteiger charge is 2.25. The SMILES string of the molecule is CCCC(CCNC(=O)N(CC)CC1CC1)CCC(=O)O. The Labute approximate surface area is 128 Å². The lowest BCUT2D eigenvalue weighted by Crippen LogP contribution is -2.41. The van der Waals surface area contributed by atoms with Crippen molar-refractivity contribution < 1.29 is 14.7 Å². The molecule has 2 amide bonds. The number of carboxylic acid groups (broad SMARTS) is 1. The van der Waals surface area contributed by atoms with Gasteiger partial charge in [0.15, 0.2) is 0 Å². The zero-order valence-corrected chi connectivity index (χ0v) is 13.4. The number of rotatable bonds is 11. The molecule has 5 heteroatoms. The minimum Gasteiger partial charge on any atom is -0.481 e. The summed E-state index contributed by atoms with van der Waals surface area (Å²) in [4.78, 5) is 24.6. The molecule has 0 aromatic heterocycles. The highest BCUT2D eigenvalue weighted by molar-refractivity contribution is 5.74. The predicted molar refractivity (Wildman–Crippen MR) is 83.3 cm³/mol.